The molecule has 4 aromatic rings. The molecule has 0 saturated heterocycles. The number of para-hydroxylation sites is 1. The number of nitrogens with zero attached hydrogens (tertiary/aromatic N) is 3. The molecule has 0 bridgehead atoms. The number of hydrogen-bond donors (Lipinski definition) is 1. The van der Waals surface area contributed by atoms with Crippen LogP contribution in [0.15, 0.2) is 68.6 Å². The number of nitrogens with one attached hydrogen (secondary N) is 1. The van der Waals surface area contributed by atoms with E-state index in [1.54, 1.807) is 24.3 Å². The fourth-order valence-corrected chi connectivity index (χ4v) is 3.84. The van der Waals surface area contributed by atoms with Crippen LogP contribution in [0, 0.1) is 0 Å². The second kappa shape index (κ2) is 8.57. The average Bonchev–Trinajstić information content (AvgIpc) is 3.62. The Hall–Kier alpha value is -4.15. The second-order valence-corrected chi connectivity index (χ2v) is 8.24. The molecule has 180 valence electrons. The first kappa shape index (κ1) is 22.6. The maximum atomic E-state index is 13.2. The van der Waals surface area contributed by atoms with Gasteiger partial charge in [-0.15, -0.1) is 5.10 Å². The van der Waals surface area contributed by atoms with E-state index in [9.17, 15) is 27.6 Å². The van der Waals surface area contributed by atoms with Crippen LogP contribution in [0.4, 0.5) is 13.2 Å². The van der Waals surface area contributed by atoms with Crippen molar-refractivity contribution < 1.29 is 22.4 Å². The highest BCUT2D eigenvalue weighted by atomic mass is 19.4. The van der Waals surface area contributed by atoms with E-state index >= 15 is 0 Å². The van der Waals surface area contributed by atoms with E-state index in [0.717, 1.165) is 35.7 Å². The minimum absolute atomic E-state index is 0.0149. The van der Waals surface area contributed by atoms with E-state index in [-0.39, 0.29) is 47.3 Å². The van der Waals surface area contributed by atoms with Gasteiger partial charge in [-0.1, -0.05) is 24.3 Å². The molecule has 0 unspecified atom stereocenters. The largest absolute Gasteiger partial charge is 0.451 e. The SMILES string of the molecule is O=C(NCCn1nc(-c2cccc(C(F)(F)F)c2)n(C2CC2)c1=O)c1cc(=O)c2ccccc2o1. The third-order valence-corrected chi connectivity index (χ3v) is 5.70. The van der Waals surface area contributed by atoms with Crippen molar-refractivity contribution in [1.82, 2.24) is 19.7 Å². The van der Waals surface area contributed by atoms with Crippen molar-refractivity contribution >= 4 is 16.9 Å². The number of rotatable bonds is 6. The van der Waals surface area contributed by atoms with Crippen molar-refractivity contribution in [3.05, 3.63) is 86.6 Å². The van der Waals surface area contributed by atoms with Crippen molar-refractivity contribution in [3.63, 3.8) is 0 Å². The number of benzene rings is 2. The van der Waals surface area contributed by atoms with Gasteiger partial charge in [0.25, 0.3) is 5.91 Å². The number of halogens is 3. The smallest absolute Gasteiger partial charge is 0.416 e. The third-order valence-electron chi connectivity index (χ3n) is 5.70. The van der Waals surface area contributed by atoms with E-state index in [1.807, 2.05) is 0 Å². The van der Waals surface area contributed by atoms with Gasteiger partial charge in [0.1, 0.15) is 5.58 Å². The van der Waals surface area contributed by atoms with Crippen molar-refractivity contribution in [3.8, 4) is 11.4 Å². The van der Waals surface area contributed by atoms with Crippen molar-refractivity contribution in [1.29, 1.82) is 0 Å². The molecular weight excluding hydrogens is 465 g/mol. The first-order valence-electron chi connectivity index (χ1n) is 10.9. The number of hydrogen-bond acceptors (Lipinski definition) is 5. The molecule has 35 heavy (non-hydrogen) atoms. The molecule has 1 aliphatic carbocycles. The lowest BCUT2D eigenvalue weighted by atomic mass is 10.1. The molecule has 0 atom stereocenters. The molecule has 0 aliphatic heterocycles. The van der Waals surface area contributed by atoms with Crippen LogP contribution < -0.4 is 16.4 Å². The highest BCUT2D eigenvalue weighted by Gasteiger charge is 2.33. The van der Waals surface area contributed by atoms with Crippen LogP contribution in [0.3, 0.4) is 0 Å². The van der Waals surface area contributed by atoms with Gasteiger partial charge in [0.15, 0.2) is 17.0 Å². The molecule has 0 radical (unpaired) electrons. The maximum absolute atomic E-state index is 13.2. The molecule has 11 heteroatoms. The molecule has 8 nitrogen and oxygen atoms in total. The minimum Gasteiger partial charge on any atom is -0.451 e. The van der Waals surface area contributed by atoms with Crippen LogP contribution in [-0.4, -0.2) is 26.8 Å². The van der Waals surface area contributed by atoms with Crippen LogP contribution in [-0.2, 0) is 12.7 Å². The Labute approximate surface area is 195 Å². The van der Waals surface area contributed by atoms with Crippen LogP contribution in [0.1, 0.15) is 35.0 Å². The van der Waals surface area contributed by atoms with Crippen LogP contribution in [0.25, 0.3) is 22.4 Å². The summed E-state index contributed by atoms with van der Waals surface area (Å²) in [5.74, 6) is -0.662. The lowest BCUT2D eigenvalue weighted by molar-refractivity contribution is -0.137. The van der Waals surface area contributed by atoms with Gasteiger partial charge < -0.3 is 9.73 Å². The van der Waals surface area contributed by atoms with Gasteiger partial charge in [0.2, 0.25) is 0 Å². The van der Waals surface area contributed by atoms with E-state index in [2.05, 4.69) is 10.4 Å². The molecule has 2 heterocycles. The Morgan fingerprint density at radius 1 is 1.09 bits per heavy atom. The fourth-order valence-electron chi connectivity index (χ4n) is 3.84. The van der Waals surface area contributed by atoms with Crippen molar-refractivity contribution in [2.45, 2.75) is 31.6 Å². The molecule has 1 amide bonds. The van der Waals surface area contributed by atoms with E-state index < -0.39 is 23.3 Å². The molecule has 0 spiro atoms. The third kappa shape index (κ3) is 4.48. The quantitative estimate of drug-likeness (QED) is 0.451. The monoisotopic (exact) mass is 484 g/mol. The Kier molecular flexibility index (Phi) is 5.54. The summed E-state index contributed by atoms with van der Waals surface area (Å²) in [6.07, 6.45) is -3.06. The van der Waals surface area contributed by atoms with E-state index in [0.29, 0.717) is 5.39 Å². The standard InChI is InChI=1S/C24H19F3N4O4/c25-24(26,27)15-5-3-4-14(12-15)21-29-30(23(34)31(21)16-8-9-16)11-10-28-22(33)20-13-18(32)17-6-1-2-7-19(17)35-20/h1-7,12-13,16H,8-11H2,(H,28,33). The Morgan fingerprint density at radius 3 is 2.60 bits per heavy atom. The Morgan fingerprint density at radius 2 is 1.86 bits per heavy atom. The van der Waals surface area contributed by atoms with Crippen molar-refractivity contribution in [2.75, 3.05) is 6.54 Å². The zero-order valence-electron chi connectivity index (χ0n) is 18.2. The van der Waals surface area contributed by atoms with Gasteiger partial charge in [-0.3, -0.25) is 14.2 Å². The van der Waals surface area contributed by atoms with Gasteiger partial charge >= 0.3 is 11.9 Å². The summed E-state index contributed by atoms with van der Waals surface area (Å²) >= 11 is 0. The lowest BCUT2D eigenvalue weighted by Gasteiger charge is -2.09. The summed E-state index contributed by atoms with van der Waals surface area (Å²) in [6, 6.07) is 12.2. The van der Waals surface area contributed by atoms with Crippen LogP contribution in [0.5, 0.6) is 0 Å². The van der Waals surface area contributed by atoms with Gasteiger partial charge in [-0.2, -0.15) is 13.2 Å². The summed E-state index contributed by atoms with van der Waals surface area (Å²) in [5, 5.41) is 7.19. The molecule has 2 aromatic heterocycles. The molecule has 1 saturated carbocycles. The maximum Gasteiger partial charge on any atom is 0.416 e. The Bertz CT molecular complexity index is 1550. The highest BCUT2D eigenvalue weighted by molar-refractivity contribution is 5.93. The summed E-state index contributed by atoms with van der Waals surface area (Å²) < 4.78 is 47.5. The number of amides is 1. The summed E-state index contributed by atoms with van der Waals surface area (Å²) in [6.45, 7) is -0.0347. The number of alkyl halides is 3. The number of fused-ring (bicyclic) bond motifs is 1. The first-order chi connectivity index (χ1) is 16.7. The number of carbonyl (C=O) groups is 1. The van der Waals surface area contributed by atoms with Gasteiger partial charge in [-0.25, -0.2) is 9.48 Å². The van der Waals surface area contributed by atoms with Crippen LogP contribution in [0.2, 0.25) is 0 Å². The van der Waals surface area contributed by atoms with Crippen molar-refractivity contribution in [2.24, 2.45) is 0 Å². The molecule has 2 aromatic carbocycles. The van der Waals surface area contributed by atoms with Gasteiger partial charge in [-0.05, 0) is 37.1 Å². The molecule has 1 fully saturated rings. The number of aromatic nitrogens is 3. The van der Waals surface area contributed by atoms with E-state index in [4.69, 9.17) is 4.42 Å². The van der Waals surface area contributed by atoms with E-state index in [1.165, 1.54) is 16.7 Å². The van der Waals surface area contributed by atoms with Gasteiger partial charge in [0.05, 0.1) is 17.5 Å². The summed E-state index contributed by atoms with van der Waals surface area (Å²) in [4.78, 5) is 37.6. The lowest BCUT2D eigenvalue weighted by Crippen LogP contribution is -2.32. The summed E-state index contributed by atoms with van der Waals surface area (Å²) in [7, 11) is 0. The number of carbonyl (C=O) groups excluding carboxylic acids is 1. The minimum atomic E-state index is -4.52. The molecule has 1 N–H and O–H groups in total. The topological polar surface area (TPSA) is 99.1 Å². The Balaban J connectivity index is 1.36. The summed E-state index contributed by atoms with van der Waals surface area (Å²) in [5.41, 5.74) is -1.20. The first-order valence-corrected chi connectivity index (χ1v) is 10.9. The van der Waals surface area contributed by atoms with Crippen LogP contribution >= 0.6 is 0 Å². The molecule has 5 rings (SSSR count). The molecular formula is C24H19F3N4O4. The second-order valence-electron chi connectivity index (χ2n) is 8.24. The zero-order chi connectivity index (χ0) is 24.7. The van der Waals surface area contributed by atoms with Gasteiger partial charge in [0, 0.05) is 24.2 Å². The highest BCUT2D eigenvalue weighted by Crippen LogP contribution is 2.37. The fraction of sp³-hybridized carbons (Fsp3) is 0.250. The predicted octanol–water partition coefficient (Wildman–Crippen LogP) is 3.60. The normalized spacial score (nSPS) is 13.8. The molecule has 1 aliphatic rings. The zero-order valence-corrected chi connectivity index (χ0v) is 18.2. The average molecular weight is 484 g/mol. The predicted molar refractivity (Wildman–Crippen MR) is 120 cm³/mol.